The summed E-state index contributed by atoms with van der Waals surface area (Å²) < 4.78 is 11.3. The molecule has 0 saturated carbocycles. The minimum atomic E-state index is -1.16. The third kappa shape index (κ3) is 5.71. The van der Waals surface area contributed by atoms with Gasteiger partial charge in [-0.25, -0.2) is 4.79 Å². The van der Waals surface area contributed by atoms with E-state index in [9.17, 15) is 9.59 Å². The minimum Gasteiger partial charge on any atom is -0.494 e. The number of para-hydroxylation sites is 1. The normalized spacial score (nSPS) is 11.2. The van der Waals surface area contributed by atoms with Crippen molar-refractivity contribution in [1.29, 1.82) is 0 Å². The number of ether oxygens (including phenoxy) is 1. The first kappa shape index (κ1) is 28.0. The summed E-state index contributed by atoms with van der Waals surface area (Å²) in [6, 6.07) is 12.7. The number of aromatic amines is 2. The minimum absolute atomic E-state index is 0.0477. The lowest BCUT2D eigenvalue weighted by Crippen LogP contribution is -2.24. The number of halogens is 1. The molecule has 5 aromatic rings. The Labute approximate surface area is 241 Å². The summed E-state index contributed by atoms with van der Waals surface area (Å²) >= 11 is 6.30. The maximum absolute atomic E-state index is 13.5. The molecule has 0 radical (unpaired) electrons. The highest BCUT2D eigenvalue weighted by atomic mass is 35.5. The van der Waals surface area contributed by atoms with Crippen molar-refractivity contribution in [3.63, 3.8) is 0 Å². The molecule has 9 nitrogen and oxygen atoms in total. The molecule has 5 rings (SSSR count). The Hall–Kier alpha value is -4.50. The standard InChI is InChI=1S/C31H31ClN4O5/c1-16-13-21(14-17(2)27(16)32)40-12-6-9-23-22-7-5-8-24(26-18(3)35-36-19(26)4)28(22)34-29(23)30(37)33-15-20-10-11-25(41-20)31(38)39/h5,7-8,10-11,13-14,34H,6,9,12,15H2,1-4H3,(H,33,37)(H,35,36)(H,38,39). The van der Waals surface area contributed by atoms with E-state index in [1.807, 2.05) is 58.0 Å². The summed E-state index contributed by atoms with van der Waals surface area (Å²) in [5.74, 6) is -0.554. The maximum atomic E-state index is 13.5. The number of carbonyl (C=O) groups is 2. The van der Waals surface area contributed by atoms with Crippen molar-refractivity contribution in [2.75, 3.05) is 6.61 Å². The zero-order valence-corrected chi connectivity index (χ0v) is 24.0. The molecule has 0 aliphatic rings. The number of rotatable bonds is 10. The van der Waals surface area contributed by atoms with Crippen LogP contribution in [0.25, 0.3) is 22.0 Å². The molecule has 0 bridgehead atoms. The number of H-pyrrole nitrogens is 2. The van der Waals surface area contributed by atoms with Gasteiger partial charge in [-0.05, 0) is 81.5 Å². The molecule has 0 saturated heterocycles. The van der Waals surface area contributed by atoms with E-state index in [4.69, 9.17) is 25.9 Å². The van der Waals surface area contributed by atoms with Gasteiger partial charge in [0.2, 0.25) is 5.76 Å². The quantitative estimate of drug-likeness (QED) is 0.138. The summed E-state index contributed by atoms with van der Waals surface area (Å²) in [5, 5.41) is 21.1. The number of nitrogens with zero attached hydrogens (tertiary/aromatic N) is 1. The van der Waals surface area contributed by atoms with Gasteiger partial charge in [0.25, 0.3) is 5.91 Å². The van der Waals surface area contributed by atoms with E-state index in [1.54, 1.807) is 0 Å². The van der Waals surface area contributed by atoms with E-state index in [0.717, 1.165) is 60.9 Å². The zero-order chi connectivity index (χ0) is 29.3. The van der Waals surface area contributed by atoms with E-state index in [1.165, 1.54) is 12.1 Å². The van der Waals surface area contributed by atoms with Gasteiger partial charge in [-0.15, -0.1) is 0 Å². The summed E-state index contributed by atoms with van der Waals surface area (Å²) in [4.78, 5) is 28.0. The van der Waals surface area contributed by atoms with E-state index < -0.39 is 5.97 Å². The van der Waals surface area contributed by atoms with Crippen LogP contribution in [0.5, 0.6) is 5.75 Å². The number of furan rings is 1. The first-order valence-electron chi connectivity index (χ1n) is 13.3. The van der Waals surface area contributed by atoms with Crippen LogP contribution in [-0.2, 0) is 13.0 Å². The van der Waals surface area contributed by atoms with Gasteiger partial charge in [0.1, 0.15) is 17.2 Å². The molecule has 3 aromatic heterocycles. The average Bonchev–Trinajstić information content (AvgIpc) is 3.65. The van der Waals surface area contributed by atoms with Crippen LogP contribution in [0.1, 0.15) is 61.3 Å². The van der Waals surface area contributed by atoms with Gasteiger partial charge >= 0.3 is 5.97 Å². The predicted molar refractivity (Wildman–Crippen MR) is 157 cm³/mol. The Morgan fingerprint density at radius 1 is 1.10 bits per heavy atom. The van der Waals surface area contributed by atoms with Crippen molar-refractivity contribution < 1.29 is 23.8 Å². The van der Waals surface area contributed by atoms with Crippen LogP contribution < -0.4 is 10.1 Å². The van der Waals surface area contributed by atoms with Gasteiger partial charge in [0.15, 0.2) is 0 Å². The van der Waals surface area contributed by atoms with E-state index in [-0.39, 0.29) is 18.2 Å². The highest BCUT2D eigenvalue weighted by Crippen LogP contribution is 2.35. The number of carboxylic acids is 1. The molecule has 0 aliphatic carbocycles. The molecule has 0 atom stereocenters. The molecule has 1 amide bonds. The monoisotopic (exact) mass is 574 g/mol. The largest absolute Gasteiger partial charge is 0.494 e. The highest BCUT2D eigenvalue weighted by Gasteiger charge is 2.22. The number of amides is 1. The molecule has 0 spiro atoms. The van der Waals surface area contributed by atoms with Gasteiger partial charge in [-0.3, -0.25) is 9.89 Å². The Bertz CT molecular complexity index is 1720. The molecular weight excluding hydrogens is 544 g/mol. The number of fused-ring (bicyclic) bond motifs is 1. The van der Waals surface area contributed by atoms with Crippen LogP contribution in [0.2, 0.25) is 5.02 Å². The summed E-state index contributed by atoms with van der Waals surface area (Å²) in [6.45, 7) is 8.32. The predicted octanol–water partition coefficient (Wildman–Crippen LogP) is 6.68. The average molecular weight is 575 g/mol. The van der Waals surface area contributed by atoms with Crippen molar-refractivity contribution in [3.8, 4) is 16.9 Å². The van der Waals surface area contributed by atoms with E-state index >= 15 is 0 Å². The van der Waals surface area contributed by atoms with E-state index in [2.05, 4.69) is 20.5 Å². The second kappa shape index (κ2) is 11.5. The first-order chi connectivity index (χ1) is 19.6. The smallest absolute Gasteiger partial charge is 0.371 e. The SMILES string of the molecule is Cc1cc(OCCCc2c(C(=O)NCc3ccc(C(=O)O)o3)[nH]c3c(-c4c(C)n[nH]c4C)cccc23)cc(C)c1Cl. The number of aromatic nitrogens is 3. The number of nitrogens with one attached hydrogen (secondary N) is 3. The van der Waals surface area contributed by atoms with Crippen molar-refractivity contribution in [2.45, 2.75) is 47.1 Å². The van der Waals surface area contributed by atoms with Gasteiger partial charge in [-0.2, -0.15) is 5.10 Å². The molecule has 0 unspecified atom stereocenters. The van der Waals surface area contributed by atoms with Gasteiger partial charge in [0.05, 0.1) is 24.4 Å². The van der Waals surface area contributed by atoms with Crippen molar-refractivity contribution in [2.24, 2.45) is 0 Å². The summed E-state index contributed by atoms with van der Waals surface area (Å²) in [7, 11) is 0. The Balaban J connectivity index is 1.43. The third-order valence-corrected chi connectivity index (χ3v) is 7.71. The lowest BCUT2D eigenvalue weighted by Gasteiger charge is -2.10. The second-order valence-electron chi connectivity index (χ2n) is 10.1. The van der Waals surface area contributed by atoms with Gasteiger partial charge in [-0.1, -0.05) is 29.8 Å². The lowest BCUT2D eigenvalue weighted by atomic mass is 9.98. The van der Waals surface area contributed by atoms with Crippen LogP contribution in [0, 0.1) is 27.7 Å². The Morgan fingerprint density at radius 2 is 1.85 bits per heavy atom. The highest BCUT2D eigenvalue weighted by molar-refractivity contribution is 6.32. The van der Waals surface area contributed by atoms with Gasteiger partial charge < -0.3 is 24.6 Å². The van der Waals surface area contributed by atoms with Gasteiger partial charge in [0, 0.05) is 27.2 Å². The fourth-order valence-corrected chi connectivity index (χ4v) is 5.26. The number of carbonyl (C=O) groups excluding carboxylic acids is 1. The molecule has 0 fully saturated rings. The third-order valence-electron chi connectivity index (χ3n) is 7.11. The van der Waals surface area contributed by atoms with Crippen molar-refractivity contribution in [1.82, 2.24) is 20.5 Å². The molecule has 10 heteroatoms. The van der Waals surface area contributed by atoms with Crippen molar-refractivity contribution in [3.05, 3.63) is 92.8 Å². The number of carboxylic acid groups (broad SMARTS) is 1. The van der Waals surface area contributed by atoms with Crippen LogP contribution >= 0.6 is 11.6 Å². The molecule has 3 heterocycles. The maximum Gasteiger partial charge on any atom is 0.371 e. The topological polar surface area (TPSA) is 133 Å². The van der Waals surface area contributed by atoms with Crippen molar-refractivity contribution >= 4 is 34.4 Å². The molecule has 4 N–H and O–H groups in total. The molecule has 41 heavy (non-hydrogen) atoms. The number of aromatic carboxylic acids is 1. The molecule has 2 aromatic carbocycles. The zero-order valence-electron chi connectivity index (χ0n) is 23.3. The number of hydrogen-bond acceptors (Lipinski definition) is 5. The van der Waals surface area contributed by atoms with Crippen LogP contribution in [0.4, 0.5) is 0 Å². The second-order valence-corrected chi connectivity index (χ2v) is 10.5. The molecule has 212 valence electrons. The number of hydrogen-bond donors (Lipinski definition) is 4. The summed E-state index contributed by atoms with van der Waals surface area (Å²) in [6.07, 6.45) is 1.26. The van der Waals surface area contributed by atoms with E-state index in [0.29, 0.717) is 30.9 Å². The lowest BCUT2D eigenvalue weighted by molar-refractivity contribution is 0.0660. The Kier molecular flexibility index (Phi) is 7.90. The first-order valence-corrected chi connectivity index (χ1v) is 13.7. The molecule has 0 aliphatic heterocycles. The number of benzene rings is 2. The fraction of sp³-hybridized carbons (Fsp3) is 0.258. The Morgan fingerprint density at radius 3 is 2.51 bits per heavy atom. The van der Waals surface area contributed by atoms with Crippen LogP contribution in [0.15, 0.2) is 46.9 Å². The number of aryl methyl sites for hydroxylation is 5. The fourth-order valence-electron chi connectivity index (χ4n) is 5.16. The molecular formula is C31H31ClN4O5. The summed E-state index contributed by atoms with van der Waals surface area (Å²) in [5.41, 5.74) is 7.82. The van der Waals surface area contributed by atoms with Crippen LogP contribution in [-0.4, -0.2) is 38.8 Å². The van der Waals surface area contributed by atoms with Crippen LogP contribution in [0.3, 0.4) is 0 Å².